The van der Waals surface area contributed by atoms with Crippen LogP contribution in [0, 0.1) is 5.92 Å². The van der Waals surface area contributed by atoms with Gasteiger partial charge in [0.2, 0.25) is 0 Å². The Kier molecular flexibility index (Phi) is 7.86. The van der Waals surface area contributed by atoms with Crippen LogP contribution in [0.25, 0.3) is 0 Å². The summed E-state index contributed by atoms with van der Waals surface area (Å²) >= 11 is 0. The van der Waals surface area contributed by atoms with Gasteiger partial charge in [-0.15, -0.1) is 5.73 Å². The van der Waals surface area contributed by atoms with E-state index in [1.54, 1.807) is 12.2 Å². The first-order valence-corrected chi connectivity index (χ1v) is 11.2. The summed E-state index contributed by atoms with van der Waals surface area (Å²) in [5.41, 5.74) is 10.3. The number of nitrogens with zero attached hydrogens (tertiary/aromatic N) is 1. The summed E-state index contributed by atoms with van der Waals surface area (Å²) in [5.74, 6) is -0.216. The summed E-state index contributed by atoms with van der Waals surface area (Å²) in [7, 11) is 3.73. The summed E-state index contributed by atoms with van der Waals surface area (Å²) in [6.07, 6.45) is 19.7. The normalized spacial score (nSPS) is 21.1. The first-order valence-electron chi connectivity index (χ1n) is 11.2. The van der Waals surface area contributed by atoms with E-state index >= 15 is 0 Å². The van der Waals surface area contributed by atoms with E-state index in [2.05, 4.69) is 43.2 Å². The van der Waals surface area contributed by atoms with Crippen LogP contribution in [-0.4, -0.2) is 25.2 Å². The van der Waals surface area contributed by atoms with Crippen LogP contribution in [0.1, 0.15) is 19.8 Å². The molecule has 0 spiro atoms. The van der Waals surface area contributed by atoms with Crippen LogP contribution in [0.3, 0.4) is 0 Å². The largest absolute Gasteiger partial charge is 0.412 e. The summed E-state index contributed by atoms with van der Waals surface area (Å²) in [6.45, 7) is 9.52. The topological polar surface area (TPSA) is 3.24 Å². The molecule has 3 aliphatic rings. The zero-order valence-electron chi connectivity index (χ0n) is 19.9. The molecule has 0 saturated carbocycles. The van der Waals surface area contributed by atoms with Gasteiger partial charge in [0.05, 0.1) is 0 Å². The van der Waals surface area contributed by atoms with Crippen molar-refractivity contribution in [3.8, 4) is 0 Å². The fourth-order valence-corrected chi connectivity index (χ4v) is 4.00. The third-order valence-electron chi connectivity index (χ3n) is 5.80. The molecule has 0 aliphatic heterocycles. The summed E-state index contributed by atoms with van der Waals surface area (Å²) < 4.78 is 38.5. The Balaban J connectivity index is 1.72. The molecular formula is C30H30F3N. The first kappa shape index (κ1) is 25.1. The van der Waals surface area contributed by atoms with E-state index in [9.17, 15) is 13.2 Å². The standard InChI is InChI=1S/C30H30F3N/c1-6-8-21(3)10-11-22(9-7-2)12-13-23-14-25-16-24(17-26(25)15-23)18-29(34(4)5)27-19-28(20-27)30(31,32)33/h6-14,16,18-19,27H,1-2,15,20H2,3-5H3/b11-10+,13-12?,21-8-,22-9-,29-18-. The third-order valence-corrected chi connectivity index (χ3v) is 5.80. The molecule has 1 nitrogen and oxygen atoms in total. The highest BCUT2D eigenvalue weighted by molar-refractivity contribution is 5.61. The molecule has 0 fully saturated rings. The van der Waals surface area contributed by atoms with E-state index in [4.69, 9.17) is 0 Å². The Morgan fingerprint density at radius 1 is 1.09 bits per heavy atom. The minimum atomic E-state index is -4.23. The highest BCUT2D eigenvalue weighted by Crippen LogP contribution is 2.43. The van der Waals surface area contributed by atoms with Gasteiger partial charge < -0.3 is 4.90 Å². The Morgan fingerprint density at radius 3 is 2.38 bits per heavy atom. The highest BCUT2D eigenvalue weighted by Gasteiger charge is 2.41. The third kappa shape index (κ3) is 6.30. The van der Waals surface area contributed by atoms with Crippen molar-refractivity contribution >= 4 is 0 Å². The first-order chi connectivity index (χ1) is 16.1. The highest BCUT2D eigenvalue weighted by atomic mass is 19.4. The molecule has 0 radical (unpaired) electrons. The van der Waals surface area contributed by atoms with Crippen LogP contribution >= 0.6 is 0 Å². The van der Waals surface area contributed by atoms with Crippen molar-refractivity contribution in [3.63, 3.8) is 0 Å². The molecule has 0 aromatic rings. The van der Waals surface area contributed by atoms with Gasteiger partial charge in [0.25, 0.3) is 0 Å². The van der Waals surface area contributed by atoms with Crippen LogP contribution in [0.15, 0.2) is 137 Å². The van der Waals surface area contributed by atoms with E-state index in [1.807, 2.05) is 56.3 Å². The smallest absolute Gasteiger partial charge is 0.380 e. The predicted molar refractivity (Wildman–Crippen MR) is 136 cm³/mol. The van der Waals surface area contributed by atoms with Gasteiger partial charge in [-0.25, -0.2) is 0 Å². The Morgan fingerprint density at radius 2 is 1.79 bits per heavy atom. The second-order valence-corrected chi connectivity index (χ2v) is 8.73. The van der Waals surface area contributed by atoms with E-state index in [0.29, 0.717) is 0 Å². The fourth-order valence-electron chi connectivity index (χ4n) is 4.00. The molecule has 0 bridgehead atoms. The number of alkyl halides is 3. The summed E-state index contributed by atoms with van der Waals surface area (Å²) in [5, 5.41) is 0. The lowest BCUT2D eigenvalue weighted by Crippen LogP contribution is -2.28. The number of rotatable bonds is 9. The molecule has 3 aliphatic carbocycles. The lowest BCUT2D eigenvalue weighted by Gasteiger charge is -2.32. The zero-order chi connectivity index (χ0) is 24.9. The van der Waals surface area contributed by atoms with Crippen LogP contribution in [0.2, 0.25) is 0 Å². The quantitative estimate of drug-likeness (QED) is 0.191. The average Bonchev–Trinajstić information content (AvgIpc) is 3.25. The molecule has 0 aromatic heterocycles. The molecule has 1 atom stereocenters. The van der Waals surface area contributed by atoms with Gasteiger partial charge in [-0.1, -0.05) is 79.5 Å². The molecule has 0 saturated heterocycles. The van der Waals surface area contributed by atoms with Gasteiger partial charge >= 0.3 is 6.18 Å². The molecular weight excluding hydrogens is 431 g/mol. The van der Waals surface area contributed by atoms with Gasteiger partial charge in [-0.2, -0.15) is 13.2 Å². The van der Waals surface area contributed by atoms with Crippen LogP contribution in [0.4, 0.5) is 13.2 Å². The SMILES string of the molecule is C=C\C=C(C)/C=C/C(C=CC1=CC2=CC(/C=C(/C3C=C(C(F)(F)F)C3)N(C)C)=C=C2C1)=C/C=C. The second-order valence-electron chi connectivity index (χ2n) is 8.73. The van der Waals surface area contributed by atoms with Gasteiger partial charge in [-0.3, -0.25) is 0 Å². The van der Waals surface area contributed by atoms with Gasteiger partial charge in [0.1, 0.15) is 0 Å². The van der Waals surface area contributed by atoms with E-state index in [1.165, 1.54) is 11.6 Å². The van der Waals surface area contributed by atoms with Crippen molar-refractivity contribution in [1.29, 1.82) is 0 Å². The van der Waals surface area contributed by atoms with Crippen molar-refractivity contribution in [1.82, 2.24) is 4.90 Å². The van der Waals surface area contributed by atoms with Crippen LogP contribution in [-0.2, 0) is 0 Å². The minimum Gasteiger partial charge on any atom is -0.380 e. The van der Waals surface area contributed by atoms with Crippen LogP contribution < -0.4 is 0 Å². The second kappa shape index (κ2) is 10.6. The lowest BCUT2D eigenvalue weighted by atomic mass is 9.82. The predicted octanol–water partition coefficient (Wildman–Crippen LogP) is 8.02. The van der Waals surface area contributed by atoms with Gasteiger partial charge in [0, 0.05) is 48.9 Å². The summed E-state index contributed by atoms with van der Waals surface area (Å²) in [6, 6.07) is 0. The molecule has 34 heavy (non-hydrogen) atoms. The number of hydrogen-bond donors (Lipinski definition) is 0. The fraction of sp³-hybridized carbons (Fsp3) is 0.233. The average molecular weight is 462 g/mol. The van der Waals surface area contributed by atoms with E-state index < -0.39 is 11.7 Å². The maximum atomic E-state index is 12.8. The lowest BCUT2D eigenvalue weighted by molar-refractivity contribution is -0.0988. The van der Waals surface area contributed by atoms with E-state index in [0.717, 1.165) is 40.0 Å². The Bertz CT molecular complexity index is 1180. The van der Waals surface area contributed by atoms with Crippen molar-refractivity contribution < 1.29 is 13.2 Å². The molecule has 176 valence electrons. The molecule has 3 rings (SSSR count). The van der Waals surface area contributed by atoms with Crippen LogP contribution in [0.5, 0.6) is 0 Å². The van der Waals surface area contributed by atoms with Crippen molar-refractivity contribution in [2.45, 2.75) is 25.9 Å². The maximum absolute atomic E-state index is 12.8. The molecule has 0 amide bonds. The molecule has 0 heterocycles. The molecule has 0 N–H and O–H groups in total. The summed E-state index contributed by atoms with van der Waals surface area (Å²) in [4.78, 5) is 1.89. The molecule has 1 unspecified atom stereocenters. The van der Waals surface area contributed by atoms with Crippen molar-refractivity contribution in [3.05, 3.63) is 137 Å². The molecule has 4 heteroatoms. The zero-order valence-corrected chi connectivity index (χ0v) is 19.9. The monoisotopic (exact) mass is 461 g/mol. The van der Waals surface area contributed by atoms with Gasteiger partial charge in [0.15, 0.2) is 0 Å². The minimum absolute atomic E-state index is 0.0285. The van der Waals surface area contributed by atoms with E-state index in [-0.39, 0.29) is 12.3 Å². The number of allylic oxidation sites excluding steroid dienone is 18. The molecule has 0 aromatic carbocycles. The number of halogens is 3. The number of fused-ring (bicyclic) bond motifs is 1. The Labute approximate surface area is 200 Å². The van der Waals surface area contributed by atoms with Gasteiger partial charge in [-0.05, 0) is 42.2 Å². The van der Waals surface area contributed by atoms with Crippen molar-refractivity contribution in [2.24, 2.45) is 5.92 Å². The van der Waals surface area contributed by atoms with Crippen molar-refractivity contribution in [2.75, 3.05) is 14.1 Å². The number of hydrogen-bond acceptors (Lipinski definition) is 1. The Hall–Kier alpha value is -3.49. The maximum Gasteiger partial charge on any atom is 0.412 e.